The van der Waals surface area contributed by atoms with E-state index in [-0.39, 0.29) is 12.5 Å². The molecule has 0 unspecified atom stereocenters. The molecule has 0 atom stereocenters. The minimum Gasteiger partial charge on any atom is -0.376 e. The Morgan fingerprint density at radius 2 is 2.08 bits per heavy atom. The van der Waals surface area contributed by atoms with E-state index < -0.39 is 0 Å². The van der Waals surface area contributed by atoms with Crippen LogP contribution in [0.3, 0.4) is 0 Å². The van der Waals surface area contributed by atoms with Crippen LogP contribution in [-0.4, -0.2) is 27.2 Å². The van der Waals surface area contributed by atoms with Gasteiger partial charge in [-0.05, 0) is 36.4 Å². The standard InChI is InChI=1S/C17H12Cl2N6O/c18-12-1-4-16(25-10-21-9-23-25)15(6-12)24-17(26)8-22-13-2-3-14(19)11(5-13)7-20/h1-6,9-10,22H,8H2,(H,24,26). The Balaban J connectivity index is 1.71. The van der Waals surface area contributed by atoms with E-state index in [1.54, 1.807) is 36.4 Å². The van der Waals surface area contributed by atoms with Crippen LogP contribution in [0.1, 0.15) is 5.56 Å². The van der Waals surface area contributed by atoms with Crippen LogP contribution in [-0.2, 0) is 4.79 Å². The molecule has 1 amide bonds. The van der Waals surface area contributed by atoms with Gasteiger partial charge in [0.15, 0.2) is 0 Å². The second-order valence-corrected chi connectivity index (χ2v) is 6.05. The van der Waals surface area contributed by atoms with Crippen LogP contribution in [0.4, 0.5) is 11.4 Å². The first-order chi connectivity index (χ1) is 12.6. The zero-order chi connectivity index (χ0) is 18.5. The molecular formula is C17H12Cl2N6O. The maximum atomic E-state index is 12.3. The molecule has 9 heteroatoms. The van der Waals surface area contributed by atoms with Gasteiger partial charge in [0, 0.05) is 10.7 Å². The number of carbonyl (C=O) groups excluding carboxylic acids is 1. The summed E-state index contributed by atoms with van der Waals surface area (Å²) in [6, 6.07) is 11.9. The lowest BCUT2D eigenvalue weighted by Crippen LogP contribution is -2.22. The molecule has 0 aliphatic rings. The molecule has 0 bridgehead atoms. The van der Waals surface area contributed by atoms with Gasteiger partial charge in [-0.15, -0.1) is 0 Å². The maximum Gasteiger partial charge on any atom is 0.243 e. The fourth-order valence-corrected chi connectivity index (χ4v) is 2.57. The van der Waals surface area contributed by atoms with E-state index in [0.717, 1.165) is 0 Å². The van der Waals surface area contributed by atoms with Gasteiger partial charge in [0.25, 0.3) is 0 Å². The van der Waals surface area contributed by atoms with Crippen LogP contribution in [0.5, 0.6) is 0 Å². The number of rotatable bonds is 5. The topological polar surface area (TPSA) is 95.6 Å². The van der Waals surface area contributed by atoms with Gasteiger partial charge in [0.05, 0.1) is 28.5 Å². The van der Waals surface area contributed by atoms with Crippen molar-refractivity contribution < 1.29 is 4.79 Å². The van der Waals surface area contributed by atoms with E-state index in [0.29, 0.717) is 32.7 Å². The van der Waals surface area contributed by atoms with E-state index in [1.807, 2.05) is 6.07 Å². The van der Waals surface area contributed by atoms with E-state index in [1.165, 1.54) is 17.3 Å². The van der Waals surface area contributed by atoms with Gasteiger partial charge in [0.1, 0.15) is 18.7 Å². The van der Waals surface area contributed by atoms with Gasteiger partial charge in [-0.3, -0.25) is 4.79 Å². The smallest absolute Gasteiger partial charge is 0.243 e. The first-order valence-corrected chi connectivity index (χ1v) is 8.20. The predicted molar refractivity (Wildman–Crippen MR) is 99.7 cm³/mol. The van der Waals surface area contributed by atoms with Gasteiger partial charge >= 0.3 is 0 Å². The summed E-state index contributed by atoms with van der Waals surface area (Å²) in [6.07, 6.45) is 2.92. The van der Waals surface area contributed by atoms with Crippen LogP contribution in [0.15, 0.2) is 49.1 Å². The van der Waals surface area contributed by atoms with Crippen molar-refractivity contribution in [2.45, 2.75) is 0 Å². The molecule has 0 saturated heterocycles. The van der Waals surface area contributed by atoms with Gasteiger partial charge in [0.2, 0.25) is 5.91 Å². The first-order valence-electron chi connectivity index (χ1n) is 7.45. The molecule has 2 N–H and O–H groups in total. The highest BCUT2D eigenvalue weighted by Crippen LogP contribution is 2.24. The molecule has 0 aliphatic heterocycles. The number of nitrogens with one attached hydrogen (secondary N) is 2. The average Bonchev–Trinajstić information content (AvgIpc) is 3.15. The van der Waals surface area contributed by atoms with Crippen LogP contribution in [0.25, 0.3) is 5.69 Å². The lowest BCUT2D eigenvalue weighted by molar-refractivity contribution is -0.114. The number of aromatic nitrogens is 3. The van der Waals surface area contributed by atoms with Crippen molar-refractivity contribution in [3.05, 3.63) is 64.7 Å². The monoisotopic (exact) mass is 386 g/mol. The normalized spacial score (nSPS) is 10.2. The van der Waals surface area contributed by atoms with Gasteiger partial charge in [-0.25, -0.2) is 9.67 Å². The quantitative estimate of drug-likeness (QED) is 0.699. The minimum atomic E-state index is -0.290. The molecule has 130 valence electrons. The highest BCUT2D eigenvalue weighted by Gasteiger charge is 2.10. The summed E-state index contributed by atoms with van der Waals surface area (Å²) < 4.78 is 1.53. The van der Waals surface area contributed by atoms with Crippen molar-refractivity contribution in [1.29, 1.82) is 5.26 Å². The lowest BCUT2D eigenvalue weighted by Gasteiger charge is -2.12. The molecule has 7 nitrogen and oxygen atoms in total. The van der Waals surface area contributed by atoms with E-state index in [2.05, 4.69) is 20.7 Å². The Morgan fingerprint density at radius 1 is 1.23 bits per heavy atom. The predicted octanol–water partition coefficient (Wildman–Crippen LogP) is 3.50. The number of amides is 1. The van der Waals surface area contributed by atoms with Crippen molar-refractivity contribution in [2.24, 2.45) is 0 Å². The van der Waals surface area contributed by atoms with Crippen molar-refractivity contribution >= 4 is 40.5 Å². The van der Waals surface area contributed by atoms with Crippen molar-refractivity contribution in [3.8, 4) is 11.8 Å². The number of nitrogens with zero attached hydrogens (tertiary/aromatic N) is 4. The number of anilines is 2. The molecule has 1 heterocycles. The van der Waals surface area contributed by atoms with Crippen LogP contribution < -0.4 is 10.6 Å². The fourth-order valence-electron chi connectivity index (χ4n) is 2.24. The molecular weight excluding hydrogens is 375 g/mol. The zero-order valence-electron chi connectivity index (χ0n) is 13.3. The summed E-state index contributed by atoms with van der Waals surface area (Å²) in [4.78, 5) is 16.2. The molecule has 1 aromatic heterocycles. The highest BCUT2D eigenvalue weighted by molar-refractivity contribution is 6.32. The van der Waals surface area contributed by atoms with E-state index >= 15 is 0 Å². The molecule has 0 fully saturated rings. The van der Waals surface area contributed by atoms with E-state index in [9.17, 15) is 4.79 Å². The molecule has 0 radical (unpaired) electrons. The molecule has 2 aromatic carbocycles. The summed E-state index contributed by atoms with van der Waals surface area (Å²) in [5.74, 6) is -0.290. The third-order valence-electron chi connectivity index (χ3n) is 3.44. The number of hydrogen-bond acceptors (Lipinski definition) is 5. The molecule has 0 saturated carbocycles. The average molecular weight is 387 g/mol. The van der Waals surface area contributed by atoms with Crippen LogP contribution in [0, 0.1) is 11.3 Å². The molecule has 3 rings (SSSR count). The van der Waals surface area contributed by atoms with Gasteiger partial charge in [-0.2, -0.15) is 10.4 Å². The van der Waals surface area contributed by atoms with Crippen molar-refractivity contribution in [3.63, 3.8) is 0 Å². The van der Waals surface area contributed by atoms with Crippen LogP contribution in [0.2, 0.25) is 10.0 Å². The van der Waals surface area contributed by atoms with Gasteiger partial charge in [-0.1, -0.05) is 23.2 Å². The van der Waals surface area contributed by atoms with E-state index in [4.69, 9.17) is 28.5 Å². The Labute approximate surface area is 159 Å². The Hall–Kier alpha value is -3.08. The summed E-state index contributed by atoms with van der Waals surface area (Å²) in [6.45, 7) is -0.00416. The highest BCUT2D eigenvalue weighted by atomic mass is 35.5. The number of benzene rings is 2. The summed E-state index contributed by atoms with van der Waals surface area (Å²) >= 11 is 11.9. The summed E-state index contributed by atoms with van der Waals surface area (Å²) in [7, 11) is 0. The minimum absolute atomic E-state index is 0.00416. The molecule has 0 spiro atoms. The molecule has 26 heavy (non-hydrogen) atoms. The van der Waals surface area contributed by atoms with Crippen LogP contribution >= 0.6 is 23.2 Å². The van der Waals surface area contributed by atoms with Crippen molar-refractivity contribution in [1.82, 2.24) is 14.8 Å². The number of halogens is 2. The zero-order valence-corrected chi connectivity index (χ0v) is 14.8. The Morgan fingerprint density at radius 3 is 2.81 bits per heavy atom. The van der Waals surface area contributed by atoms with Gasteiger partial charge < -0.3 is 10.6 Å². The molecule has 3 aromatic rings. The summed E-state index contributed by atoms with van der Waals surface area (Å²) in [5, 5.41) is 19.6. The number of hydrogen-bond donors (Lipinski definition) is 2. The Bertz CT molecular complexity index is 981. The fraction of sp³-hybridized carbons (Fsp3) is 0.0588. The SMILES string of the molecule is N#Cc1cc(NCC(=O)Nc2cc(Cl)ccc2-n2cncn2)ccc1Cl. The maximum absolute atomic E-state index is 12.3. The lowest BCUT2D eigenvalue weighted by atomic mass is 10.2. The second-order valence-electron chi connectivity index (χ2n) is 5.21. The summed E-state index contributed by atoms with van der Waals surface area (Å²) in [5.41, 5.74) is 2.09. The molecule has 0 aliphatic carbocycles. The Kier molecular flexibility index (Phi) is 5.37. The van der Waals surface area contributed by atoms with Crippen molar-refractivity contribution in [2.75, 3.05) is 17.2 Å². The third-order valence-corrected chi connectivity index (χ3v) is 4.00. The number of carbonyl (C=O) groups is 1. The third kappa shape index (κ3) is 4.11. The second kappa shape index (κ2) is 7.87. The first kappa shape index (κ1) is 17.7. The largest absolute Gasteiger partial charge is 0.376 e. The number of nitriles is 1.